The highest BCUT2D eigenvalue weighted by atomic mass is 16.5. The number of hydrogen-bond donors (Lipinski definition) is 2. The molecule has 0 radical (unpaired) electrons. The molecule has 0 saturated carbocycles. The molecule has 0 unspecified atom stereocenters. The molecule has 6 aromatic rings. The summed E-state index contributed by atoms with van der Waals surface area (Å²) < 4.78 is 34.4. The Balaban J connectivity index is 1.43. The largest absolute Gasteiger partial charge is 0.493 e. The van der Waals surface area contributed by atoms with E-state index in [1.54, 1.807) is 42.7 Å². The monoisotopic (exact) mass is 683 g/mol. The minimum absolute atomic E-state index is 0.482. The minimum atomic E-state index is -0.529. The molecule has 0 amide bonds. The molecule has 1 aliphatic rings. The molecule has 2 N–H and O–H groups in total. The normalized spacial score (nSPS) is 12.4. The first-order chi connectivity index (χ1) is 25.0. The first-order valence-corrected chi connectivity index (χ1v) is 16.7. The van der Waals surface area contributed by atoms with Crippen molar-refractivity contribution >= 4 is 38.6 Å². The number of ether oxygens (including phenoxy) is 6. The number of nitrogens with one attached hydrogen (secondary N) is 2. The van der Waals surface area contributed by atoms with Gasteiger partial charge in [-0.25, -0.2) is 0 Å². The van der Waals surface area contributed by atoms with Gasteiger partial charge in [0.25, 0.3) is 0 Å². The van der Waals surface area contributed by atoms with E-state index in [1.165, 1.54) is 21.5 Å². The molecular formula is C42H41N3O6. The van der Waals surface area contributed by atoms with Gasteiger partial charge in [0.15, 0.2) is 23.0 Å². The summed E-state index contributed by atoms with van der Waals surface area (Å²) in [5.41, 5.74) is 6.90. The lowest BCUT2D eigenvalue weighted by Crippen LogP contribution is -2.23. The molecular weight excluding hydrogens is 642 g/mol. The molecule has 260 valence electrons. The van der Waals surface area contributed by atoms with Gasteiger partial charge < -0.3 is 39.1 Å². The molecule has 51 heavy (non-hydrogen) atoms. The van der Waals surface area contributed by atoms with E-state index in [0.29, 0.717) is 47.6 Å². The fourth-order valence-corrected chi connectivity index (χ4v) is 6.97. The van der Waals surface area contributed by atoms with E-state index in [1.807, 2.05) is 24.3 Å². The SMILES string of the molecule is COc1cc(C(N=C2CNc3ccc4ccccc4c3-c3c(ccc4ccccc34)NC2)c2cc(OC)c(OC)c(OC)c2)cc(OC)c1OC. The third-order valence-corrected chi connectivity index (χ3v) is 9.39. The van der Waals surface area contributed by atoms with Gasteiger partial charge in [-0.05, 0) is 69.1 Å². The van der Waals surface area contributed by atoms with Gasteiger partial charge in [0, 0.05) is 22.5 Å². The highest BCUT2D eigenvalue weighted by molar-refractivity contribution is 6.14. The molecule has 0 fully saturated rings. The molecule has 6 aromatic carbocycles. The van der Waals surface area contributed by atoms with Crippen molar-refractivity contribution in [2.75, 3.05) is 66.4 Å². The van der Waals surface area contributed by atoms with Crippen molar-refractivity contribution in [3.8, 4) is 45.6 Å². The summed E-state index contributed by atoms with van der Waals surface area (Å²) in [5.74, 6) is 3.10. The molecule has 0 bridgehead atoms. The number of rotatable bonds is 9. The standard InChI is InChI=1S/C42H41N3O6/c1-46-34-19-27(20-35(47-2)41(34)50-5)40(28-21-36(48-3)42(51-6)37(22-28)49-4)45-29-23-43-32-17-15-25-11-7-9-13-30(25)38(32)39-31-14-10-8-12-26(31)16-18-33(39)44-24-29/h7-22,40,43-44H,23-24H2,1-6H3. The Morgan fingerprint density at radius 3 is 1.25 bits per heavy atom. The van der Waals surface area contributed by atoms with Crippen LogP contribution in [0.25, 0.3) is 32.7 Å². The molecule has 0 aliphatic carbocycles. The molecule has 7 rings (SSSR count). The summed E-state index contributed by atoms with van der Waals surface area (Å²) in [6.07, 6.45) is 0. The zero-order chi connectivity index (χ0) is 35.5. The number of methoxy groups -OCH3 is 6. The molecule has 1 heterocycles. The summed E-state index contributed by atoms with van der Waals surface area (Å²) >= 11 is 0. The van der Waals surface area contributed by atoms with Crippen LogP contribution in [0, 0.1) is 0 Å². The van der Waals surface area contributed by atoms with E-state index in [2.05, 4.69) is 83.4 Å². The van der Waals surface area contributed by atoms with Crippen LogP contribution < -0.4 is 39.1 Å². The number of fused-ring (bicyclic) bond motifs is 7. The maximum Gasteiger partial charge on any atom is 0.203 e. The molecule has 9 heteroatoms. The minimum Gasteiger partial charge on any atom is -0.493 e. The van der Waals surface area contributed by atoms with Gasteiger partial charge in [0.1, 0.15) is 6.04 Å². The van der Waals surface area contributed by atoms with Crippen LogP contribution in [-0.4, -0.2) is 61.5 Å². The maximum absolute atomic E-state index is 5.78. The van der Waals surface area contributed by atoms with Crippen molar-refractivity contribution in [1.82, 2.24) is 0 Å². The topological polar surface area (TPSA) is 91.8 Å². The Bertz CT molecular complexity index is 2060. The lowest BCUT2D eigenvalue weighted by Gasteiger charge is -2.22. The van der Waals surface area contributed by atoms with Crippen LogP contribution in [0.4, 0.5) is 11.4 Å². The van der Waals surface area contributed by atoms with Gasteiger partial charge in [-0.1, -0.05) is 60.7 Å². The highest BCUT2D eigenvalue weighted by Crippen LogP contribution is 2.47. The third kappa shape index (κ3) is 6.16. The van der Waals surface area contributed by atoms with Crippen molar-refractivity contribution in [2.24, 2.45) is 4.99 Å². The first-order valence-electron chi connectivity index (χ1n) is 16.7. The molecule has 0 atom stereocenters. The summed E-state index contributed by atoms with van der Waals surface area (Å²) in [5, 5.41) is 12.3. The number of benzene rings is 6. The lowest BCUT2D eigenvalue weighted by molar-refractivity contribution is 0.322. The van der Waals surface area contributed by atoms with Crippen molar-refractivity contribution in [3.63, 3.8) is 0 Å². The van der Waals surface area contributed by atoms with E-state index in [9.17, 15) is 0 Å². The van der Waals surface area contributed by atoms with Crippen molar-refractivity contribution in [1.29, 1.82) is 0 Å². The van der Waals surface area contributed by atoms with E-state index < -0.39 is 6.04 Å². The lowest BCUT2D eigenvalue weighted by atomic mass is 9.91. The second-order valence-electron chi connectivity index (χ2n) is 12.1. The van der Waals surface area contributed by atoms with Crippen molar-refractivity contribution in [2.45, 2.75) is 6.04 Å². The van der Waals surface area contributed by atoms with Gasteiger partial charge in [0.2, 0.25) is 11.5 Å². The number of anilines is 2. The van der Waals surface area contributed by atoms with Crippen LogP contribution >= 0.6 is 0 Å². The van der Waals surface area contributed by atoms with E-state index in [-0.39, 0.29) is 0 Å². The Hall–Kier alpha value is -6.09. The Kier molecular flexibility index (Phi) is 9.44. The summed E-state index contributed by atoms with van der Waals surface area (Å²) in [6.45, 7) is 0.964. The Morgan fingerprint density at radius 1 is 0.490 bits per heavy atom. The molecule has 0 saturated heterocycles. The van der Waals surface area contributed by atoms with Gasteiger partial charge in [-0.15, -0.1) is 0 Å². The number of nitrogens with zero attached hydrogens (tertiary/aromatic N) is 1. The molecule has 0 spiro atoms. The van der Waals surface area contributed by atoms with Crippen LogP contribution in [0.2, 0.25) is 0 Å². The van der Waals surface area contributed by atoms with Crippen LogP contribution in [0.15, 0.2) is 102 Å². The number of aliphatic imine (C=N–C) groups is 1. The van der Waals surface area contributed by atoms with E-state index >= 15 is 0 Å². The zero-order valence-electron chi connectivity index (χ0n) is 29.6. The van der Waals surface area contributed by atoms with Crippen LogP contribution in [0.1, 0.15) is 17.2 Å². The summed E-state index contributed by atoms with van der Waals surface area (Å²) in [6, 6.07) is 32.9. The molecule has 1 aliphatic heterocycles. The van der Waals surface area contributed by atoms with Crippen molar-refractivity contribution in [3.05, 3.63) is 108 Å². The van der Waals surface area contributed by atoms with Crippen LogP contribution in [0.3, 0.4) is 0 Å². The van der Waals surface area contributed by atoms with E-state index in [4.69, 9.17) is 33.4 Å². The number of hydrogen-bond acceptors (Lipinski definition) is 9. The average molecular weight is 684 g/mol. The maximum atomic E-state index is 5.78. The molecule has 9 nitrogen and oxygen atoms in total. The fourth-order valence-electron chi connectivity index (χ4n) is 6.97. The van der Waals surface area contributed by atoms with Gasteiger partial charge in [-0.3, -0.25) is 4.99 Å². The predicted molar refractivity (Wildman–Crippen MR) is 205 cm³/mol. The van der Waals surface area contributed by atoms with Gasteiger partial charge >= 0.3 is 0 Å². The average Bonchev–Trinajstić information content (AvgIpc) is 3.26. The second kappa shape index (κ2) is 14.4. The van der Waals surface area contributed by atoms with Gasteiger partial charge in [-0.2, -0.15) is 0 Å². The summed E-state index contributed by atoms with van der Waals surface area (Å²) in [7, 11) is 9.61. The van der Waals surface area contributed by atoms with Gasteiger partial charge in [0.05, 0.1) is 61.5 Å². The molecule has 0 aromatic heterocycles. The first kappa shape index (κ1) is 33.4. The quantitative estimate of drug-likeness (QED) is 0.156. The highest BCUT2D eigenvalue weighted by Gasteiger charge is 2.25. The Morgan fingerprint density at radius 2 is 0.882 bits per heavy atom. The fraction of sp³-hybridized carbons (Fsp3) is 0.214. The van der Waals surface area contributed by atoms with Crippen molar-refractivity contribution < 1.29 is 28.4 Å². The van der Waals surface area contributed by atoms with Crippen LogP contribution in [-0.2, 0) is 0 Å². The smallest absolute Gasteiger partial charge is 0.203 e. The third-order valence-electron chi connectivity index (χ3n) is 9.39. The second-order valence-corrected chi connectivity index (χ2v) is 12.1. The Labute approximate surface area is 297 Å². The zero-order valence-corrected chi connectivity index (χ0v) is 29.6. The summed E-state index contributed by atoms with van der Waals surface area (Å²) in [4.78, 5) is 5.49. The van der Waals surface area contributed by atoms with Crippen LogP contribution in [0.5, 0.6) is 34.5 Å². The van der Waals surface area contributed by atoms with E-state index in [0.717, 1.165) is 39.3 Å². The predicted octanol–water partition coefficient (Wildman–Crippen LogP) is 8.78.